The Morgan fingerprint density at radius 1 is 1.15 bits per heavy atom. The summed E-state index contributed by atoms with van der Waals surface area (Å²) in [4.78, 5) is 39.4. The quantitative estimate of drug-likeness (QED) is 0.396. The van der Waals surface area contributed by atoms with Gasteiger partial charge in [0.15, 0.2) is 17.5 Å². The highest BCUT2D eigenvalue weighted by Gasteiger charge is 2.60. The molecule has 0 aromatic heterocycles. The van der Waals surface area contributed by atoms with Gasteiger partial charge in [0.25, 0.3) is 5.92 Å². The highest BCUT2D eigenvalue weighted by atomic mass is 19.3. The predicted molar refractivity (Wildman–Crippen MR) is 107 cm³/mol. The lowest BCUT2D eigenvalue weighted by atomic mass is 9.71. The molecule has 2 heterocycles. The fourth-order valence-corrected chi connectivity index (χ4v) is 4.84. The molecule has 2 fully saturated rings. The number of nitrogens with zero attached hydrogens (tertiary/aromatic N) is 3. The number of halogens is 5. The fraction of sp³-hybridized carbons (Fsp3) is 0.500. The second kappa shape index (κ2) is 8.55. The Morgan fingerprint density at radius 2 is 1.79 bits per heavy atom. The second-order valence-corrected chi connectivity index (χ2v) is 8.91. The van der Waals surface area contributed by atoms with Gasteiger partial charge in [-0.25, -0.2) is 22.0 Å². The van der Waals surface area contributed by atoms with E-state index < -0.39 is 71.3 Å². The summed E-state index contributed by atoms with van der Waals surface area (Å²) in [5.74, 6) is -10.7. The van der Waals surface area contributed by atoms with Gasteiger partial charge >= 0.3 is 11.8 Å². The minimum absolute atomic E-state index is 0.0528. The smallest absolute Gasteiger partial charge is 0.312 e. The number of rotatable bonds is 5. The Balaban J connectivity index is 1.41. The monoisotopic (exact) mass is 484 g/mol. The van der Waals surface area contributed by atoms with Gasteiger partial charge in [0.2, 0.25) is 0 Å². The Labute approximate surface area is 191 Å². The maximum Gasteiger partial charge on any atom is 0.312 e. The first-order chi connectivity index (χ1) is 15.9. The molecule has 1 aromatic carbocycles. The van der Waals surface area contributed by atoms with Crippen molar-refractivity contribution in [3.8, 4) is 0 Å². The van der Waals surface area contributed by atoms with Gasteiger partial charge in [0.1, 0.15) is 5.78 Å². The molecule has 1 aliphatic carbocycles. The predicted octanol–water partition coefficient (Wildman–Crippen LogP) is 3.09. The van der Waals surface area contributed by atoms with E-state index in [-0.39, 0.29) is 37.2 Å². The lowest BCUT2D eigenvalue weighted by Gasteiger charge is -2.47. The van der Waals surface area contributed by atoms with Gasteiger partial charge in [-0.2, -0.15) is 10.2 Å². The minimum atomic E-state index is -3.01. The van der Waals surface area contributed by atoms with E-state index in [1.165, 1.54) is 11.0 Å². The van der Waals surface area contributed by atoms with Crippen LogP contribution in [0.25, 0.3) is 0 Å². The average Bonchev–Trinajstić information content (AvgIpc) is 3.40. The molecule has 34 heavy (non-hydrogen) atoms. The van der Waals surface area contributed by atoms with E-state index in [0.29, 0.717) is 0 Å². The van der Waals surface area contributed by atoms with Crippen molar-refractivity contribution in [3.63, 3.8) is 0 Å². The lowest BCUT2D eigenvalue weighted by Crippen LogP contribution is -2.65. The summed E-state index contributed by atoms with van der Waals surface area (Å²) in [6.07, 6.45) is -0.0760. The van der Waals surface area contributed by atoms with Crippen molar-refractivity contribution in [1.82, 2.24) is 10.2 Å². The summed E-state index contributed by atoms with van der Waals surface area (Å²) in [5, 5.41) is 9.91. The molecular weight excluding hydrogens is 463 g/mol. The molecule has 1 N–H and O–H groups in total. The van der Waals surface area contributed by atoms with Crippen LogP contribution in [0.1, 0.15) is 31.7 Å². The maximum absolute atomic E-state index is 13.6. The maximum atomic E-state index is 13.6. The molecule has 1 saturated carbocycles. The molecule has 12 heteroatoms. The zero-order valence-corrected chi connectivity index (χ0v) is 18.1. The van der Waals surface area contributed by atoms with Crippen molar-refractivity contribution in [1.29, 1.82) is 0 Å². The summed E-state index contributed by atoms with van der Waals surface area (Å²) < 4.78 is 67.3. The highest BCUT2D eigenvalue weighted by Crippen LogP contribution is 2.50. The van der Waals surface area contributed by atoms with Crippen molar-refractivity contribution in [2.45, 2.75) is 50.1 Å². The zero-order chi connectivity index (χ0) is 24.8. The second-order valence-electron chi connectivity index (χ2n) is 8.91. The number of amides is 2. The molecule has 2 aliphatic heterocycles. The van der Waals surface area contributed by atoms with Crippen molar-refractivity contribution in [3.05, 3.63) is 46.9 Å². The van der Waals surface area contributed by atoms with Gasteiger partial charge in [-0.05, 0) is 37.1 Å². The summed E-state index contributed by atoms with van der Waals surface area (Å²) in [6.45, 7) is 1.80. The van der Waals surface area contributed by atoms with Crippen molar-refractivity contribution in [2.75, 3.05) is 13.1 Å². The van der Waals surface area contributed by atoms with Crippen LogP contribution in [0.3, 0.4) is 0 Å². The van der Waals surface area contributed by atoms with Crippen molar-refractivity contribution in [2.24, 2.45) is 16.1 Å². The van der Waals surface area contributed by atoms with E-state index in [1.54, 1.807) is 6.92 Å². The number of carbonyl (C=O) groups excluding carboxylic acids is 3. The summed E-state index contributed by atoms with van der Waals surface area (Å²) >= 11 is 0. The molecule has 0 radical (unpaired) electrons. The molecule has 182 valence electrons. The number of benzene rings is 1. The number of Topliss-reactive ketones (excluding diaryl/α,β-unsaturated/α-hetero) is 1. The molecule has 0 unspecified atom stereocenters. The third-order valence-corrected chi connectivity index (χ3v) is 6.55. The number of ketones is 1. The number of likely N-dealkylation sites (tertiary alicyclic amines) is 1. The molecular formula is C22H21F5N4O3. The number of alkyl halides is 2. The van der Waals surface area contributed by atoms with Crippen LogP contribution in [0.15, 0.2) is 34.1 Å². The molecule has 1 aromatic rings. The van der Waals surface area contributed by atoms with Crippen molar-refractivity contribution < 1.29 is 36.3 Å². The van der Waals surface area contributed by atoms with Crippen LogP contribution in [0.4, 0.5) is 22.0 Å². The zero-order valence-electron chi connectivity index (χ0n) is 18.1. The van der Waals surface area contributed by atoms with Crippen LogP contribution in [0.5, 0.6) is 0 Å². The number of nitrogens with one attached hydrogen (secondary N) is 1. The Kier molecular flexibility index (Phi) is 6.03. The fourth-order valence-electron chi connectivity index (χ4n) is 4.84. The highest BCUT2D eigenvalue weighted by molar-refractivity contribution is 6.35. The van der Waals surface area contributed by atoms with Crippen LogP contribution in [-0.4, -0.2) is 53.1 Å². The largest absolute Gasteiger partial charge is 0.336 e. The molecule has 0 bridgehead atoms. The molecule has 1 saturated heterocycles. The van der Waals surface area contributed by atoms with Gasteiger partial charge in [-0.1, -0.05) is 0 Å². The van der Waals surface area contributed by atoms with E-state index in [9.17, 15) is 36.3 Å². The third kappa shape index (κ3) is 4.32. The minimum Gasteiger partial charge on any atom is -0.336 e. The summed E-state index contributed by atoms with van der Waals surface area (Å²) in [7, 11) is 0. The SMILES string of the molecule is C[C@H]1[C@H](C(=O)Cc2cc(F)c(F)c(F)c2)CCN1C(=O)C(=O)NC1(C2=CCN=N2)CC(F)(F)C1. The van der Waals surface area contributed by atoms with Crippen LogP contribution in [-0.2, 0) is 20.8 Å². The number of hydrogen-bond acceptors (Lipinski definition) is 5. The standard InChI is InChI=1S/C22H21F5N4O3/c1-11-13(16(32)8-12-6-14(23)18(25)15(24)7-12)3-5-31(11)20(34)19(33)29-21(9-22(26,27)10-21)17-2-4-28-30-17/h2,6-7,11,13H,3-5,8-10H2,1H3,(H,29,33)/t11-,13+/m0/s1. The molecule has 2 amide bonds. The normalized spacial score (nSPS) is 24.5. The van der Waals surface area contributed by atoms with E-state index in [1.807, 2.05) is 0 Å². The summed E-state index contributed by atoms with van der Waals surface area (Å²) in [5.41, 5.74) is -1.35. The molecule has 2 atom stereocenters. The van der Waals surface area contributed by atoms with Crippen LogP contribution < -0.4 is 5.32 Å². The average molecular weight is 484 g/mol. The van der Waals surface area contributed by atoms with Gasteiger partial charge in [0, 0.05) is 37.8 Å². The number of carbonyl (C=O) groups is 3. The molecule has 3 aliphatic rings. The van der Waals surface area contributed by atoms with Gasteiger partial charge < -0.3 is 10.2 Å². The van der Waals surface area contributed by atoms with Gasteiger partial charge in [0.05, 0.1) is 17.8 Å². The molecule has 7 nitrogen and oxygen atoms in total. The first-order valence-electron chi connectivity index (χ1n) is 10.7. The van der Waals surface area contributed by atoms with E-state index in [4.69, 9.17) is 0 Å². The Hall–Kier alpha value is -3.18. The lowest BCUT2D eigenvalue weighted by molar-refractivity contribution is -0.154. The van der Waals surface area contributed by atoms with E-state index in [0.717, 1.165) is 12.1 Å². The number of hydrogen-bond donors (Lipinski definition) is 1. The van der Waals surface area contributed by atoms with Crippen LogP contribution in [0, 0.1) is 23.4 Å². The van der Waals surface area contributed by atoms with Crippen molar-refractivity contribution >= 4 is 17.6 Å². The summed E-state index contributed by atoms with van der Waals surface area (Å²) in [6, 6.07) is 0.745. The first-order valence-corrected chi connectivity index (χ1v) is 10.7. The van der Waals surface area contributed by atoms with E-state index >= 15 is 0 Å². The molecule has 4 rings (SSSR count). The van der Waals surface area contributed by atoms with E-state index in [2.05, 4.69) is 15.5 Å². The topological polar surface area (TPSA) is 91.2 Å². The Bertz CT molecular complexity index is 1090. The van der Waals surface area contributed by atoms with Crippen LogP contribution in [0.2, 0.25) is 0 Å². The number of azo groups is 1. The van der Waals surface area contributed by atoms with Gasteiger partial charge in [-0.3, -0.25) is 14.4 Å². The molecule has 0 spiro atoms. The third-order valence-electron chi connectivity index (χ3n) is 6.55. The van der Waals surface area contributed by atoms with Gasteiger partial charge in [-0.15, -0.1) is 0 Å². The first kappa shape index (κ1) is 24.0. The van der Waals surface area contributed by atoms with Crippen LogP contribution >= 0.6 is 0 Å². The Morgan fingerprint density at radius 3 is 2.35 bits per heavy atom.